The van der Waals surface area contributed by atoms with E-state index in [2.05, 4.69) is 14.6 Å². The van der Waals surface area contributed by atoms with Crippen LogP contribution in [0.1, 0.15) is 30.8 Å². The molecule has 0 amide bonds. The van der Waals surface area contributed by atoms with Gasteiger partial charge in [0.25, 0.3) is 5.56 Å². The normalized spacial score (nSPS) is 13.6. The number of aromatic nitrogens is 5. The van der Waals surface area contributed by atoms with Crippen LogP contribution in [-0.4, -0.2) is 24.3 Å². The number of nitrogens with zero attached hydrogens (tertiary/aromatic N) is 5. The largest absolute Gasteiger partial charge is 0.440 e. The second-order valence-electron chi connectivity index (χ2n) is 8.33. The number of thioether (sulfide) groups is 1. The van der Waals surface area contributed by atoms with Crippen LogP contribution in [0.15, 0.2) is 81.2 Å². The van der Waals surface area contributed by atoms with E-state index in [1.165, 1.54) is 4.68 Å². The fraction of sp³-hybridized carbons (Fsp3) is 0.231. The van der Waals surface area contributed by atoms with Gasteiger partial charge < -0.3 is 8.98 Å². The molecular weight excluding hydrogens is 446 g/mol. The van der Waals surface area contributed by atoms with Crippen molar-refractivity contribution < 1.29 is 4.42 Å². The van der Waals surface area contributed by atoms with Crippen molar-refractivity contribution in [2.24, 2.45) is 0 Å². The Hall–Kier alpha value is -3.65. The maximum Gasteiger partial charge on any atom is 0.284 e. The van der Waals surface area contributed by atoms with Gasteiger partial charge in [-0.15, -0.1) is 5.10 Å². The minimum absolute atomic E-state index is 0.101. The van der Waals surface area contributed by atoms with Crippen molar-refractivity contribution in [3.63, 3.8) is 0 Å². The van der Waals surface area contributed by atoms with E-state index in [0.29, 0.717) is 23.0 Å². The summed E-state index contributed by atoms with van der Waals surface area (Å²) >= 11 is 1.58. The van der Waals surface area contributed by atoms with E-state index >= 15 is 0 Å². The molecule has 2 aromatic carbocycles. The summed E-state index contributed by atoms with van der Waals surface area (Å²) in [6.07, 6.45) is 5.87. The molecule has 0 unspecified atom stereocenters. The summed E-state index contributed by atoms with van der Waals surface area (Å²) < 4.78 is 9.67. The number of hydrogen-bond acceptors (Lipinski definition) is 6. The molecule has 3 aliphatic heterocycles. The van der Waals surface area contributed by atoms with Crippen molar-refractivity contribution >= 4 is 11.8 Å². The zero-order valence-electron chi connectivity index (χ0n) is 18.6. The third-order valence-corrected chi connectivity index (χ3v) is 7.07. The predicted octanol–water partition coefficient (Wildman–Crippen LogP) is 5.21. The van der Waals surface area contributed by atoms with Gasteiger partial charge in [0.1, 0.15) is 5.56 Å². The Balaban J connectivity index is 1.37. The molecule has 4 heterocycles. The first-order valence-electron chi connectivity index (χ1n) is 11.5. The number of fused-ring (bicyclic) bond motifs is 3. The van der Waals surface area contributed by atoms with Crippen molar-refractivity contribution in [1.29, 1.82) is 0 Å². The van der Waals surface area contributed by atoms with Crippen LogP contribution >= 0.6 is 11.8 Å². The van der Waals surface area contributed by atoms with Crippen molar-refractivity contribution in [3.8, 4) is 28.4 Å². The molecule has 8 heteroatoms. The lowest BCUT2D eigenvalue weighted by molar-refractivity contribution is 0.528. The van der Waals surface area contributed by atoms with Crippen LogP contribution in [0.2, 0.25) is 0 Å². The molecule has 34 heavy (non-hydrogen) atoms. The van der Waals surface area contributed by atoms with Crippen molar-refractivity contribution in [3.05, 3.63) is 88.8 Å². The van der Waals surface area contributed by atoms with E-state index in [0.717, 1.165) is 60.1 Å². The van der Waals surface area contributed by atoms with Crippen molar-refractivity contribution in [2.45, 2.75) is 43.1 Å². The number of para-hydroxylation sites is 1. The van der Waals surface area contributed by atoms with E-state index in [1.807, 2.05) is 60.7 Å². The summed E-state index contributed by atoms with van der Waals surface area (Å²) in [4.78, 5) is 22.7. The highest BCUT2D eigenvalue weighted by Gasteiger charge is 2.27. The second kappa shape index (κ2) is 8.95. The molecule has 0 fully saturated rings. The zero-order valence-corrected chi connectivity index (χ0v) is 19.4. The van der Waals surface area contributed by atoms with E-state index in [4.69, 9.17) is 9.40 Å². The third-order valence-electron chi connectivity index (χ3n) is 6.10. The average molecular weight is 470 g/mol. The second-order valence-corrected chi connectivity index (χ2v) is 9.27. The van der Waals surface area contributed by atoms with Crippen molar-refractivity contribution in [1.82, 2.24) is 24.3 Å². The van der Waals surface area contributed by atoms with Gasteiger partial charge in [-0.2, -0.15) is 4.68 Å². The van der Waals surface area contributed by atoms with Gasteiger partial charge >= 0.3 is 0 Å². The zero-order chi connectivity index (χ0) is 22.9. The van der Waals surface area contributed by atoms with Gasteiger partial charge in [0.15, 0.2) is 16.7 Å². The van der Waals surface area contributed by atoms with Crippen LogP contribution < -0.4 is 5.56 Å². The Kier molecular flexibility index (Phi) is 5.50. The van der Waals surface area contributed by atoms with Gasteiger partial charge in [0.05, 0.1) is 17.6 Å². The van der Waals surface area contributed by atoms with Crippen LogP contribution in [0.4, 0.5) is 0 Å². The third kappa shape index (κ3) is 3.84. The van der Waals surface area contributed by atoms with E-state index in [-0.39, 0.29) is 5.56 Å². The van der Waals surface area contributed by atoms with E-state index in [1.54, 1.807) is 18.0 Å². The quantitative estimate of drug-likeness (QED) is 0.260. The first-order chi connectivity index (χ1) is 16.8. The topological polar surface area (TPSA) is 78.7 Å². The van der Waals surface area contributed by atoms with Crippen LogP contribution in [0.5, 0.6) is 0 Å². The molecule has 0 bridgehead atoms. The highest BCUT2D eigenvalue weighted by Crippen LogP contribution is 2.32. The number of oxazole rings is 1. The van der Waals surface area contributed by atoms with Crippen LogP contribution in [0.25, 0.3) is 28.4 Å². The van der Waals surface area contributed by atoms with Crippen LogP contribution in [-0.2, 0) is 18.7 Å². The first-order valence-corrected chi connectivity index (χ1v) is 12.5. The molecule has 170 valence electrons. The summed E-state index contributed by atoms with van der Waals surface area (Å²) in [5, 5.41) is 5.46. The molecule has 0 saturated heterocycles. The Bertz CT molecular complexity index is 1460. The molecule has 0 N–H and O–H groups in total. The summed E-state index contributed by atoms with van der Waals surface area (Å²) in [5.41, 5.74) is 3.33. The Morgan fingerprint density at radius 1 is 0.971 bits per heavy atom. The van der Waals surface area contributed by atoms with Crippen LogP contribution in [0.3, 0.4) is 0 Å². The summed E-state index contributed by atoms with van der Waals surface area (Å²) in [7, 11) is 0. The van der Waals surface area contributed by atoms with E-state index in [9.17, 15) is 4.79 Å². The molecule has 1 aromatic heterocycles. The maximum absolute atomic E-state index is 13.4. The number of benzene rings is 2. The smallest absolute Gasteiger partial charge is 0.284 e. The van der Waals surface area contributed by atoms with Gasteiger partial charge in [-0.1, -0.05) is 66.7 Å². The molecule has 6 rings (SSSR count). The molecule has 3 aliphatic rings. The molecule has 7 nitrogen and oxygen atoms in total. The average Bonchev–Trinajstić information content (AvgIpc) is 3.40. The Labute approximate surface area is 200 Å². The highest BCUT2D eigenvalue weighted by molar-refractivity contribution is 7.98. The molecular formula is C26H23N5O2S. The van der Waals surface area contributed by atoms with Gasteiger partial charge in [0.2, 0.25) is 5.89 Å². The molecule has 3 aromatic rings. The van der Waals surface area contributed by atoms with Crippen molar-refractivity contribution in [2.75, 3.05) is 0 Å². The van der Waals surface area contributed by atoms with Gasteiger partial charge in [-0.25, -0.2) is 9.97 Å². The van der Waals surface area contributed by atoms with E-state index < -0.39 is 0 Å². The van der Waals surface area contributed by atoms with Gasteiger partial charge in [-0.05, 0) is 31.4 Å². The predicted molar refractivity (Wildman–Crippen MR) is 131 cm³/mol. The minimum Gasteiger partial charge on any atom is -0.440 e. The molecule has 0 atom stereocenters. The Morgan fingerprint density at radius 2 is 1.76 bits per heavy atom. The van der Waals surface area contributed by atoms with Gasteiger partial charge in [-0.3, -0.25) is 4.79 Å². The lowest BCUT2D eigenvalue weighted by atomic mass is 10.1. The number of rotatable bonds is 5. The molecule has 0 spiro atoms. The summed E-state index contributed by atoms with van der Waals surface area (Å²) in [6, 6.07) is 19.5. The Morgan fingerprint density at radius 3 is 2.59 bits per heavy atom. The lowest BCUT2D eigenvalue weighted by Crippen LogP contribution is -2.19. The SMILES string of the molecule is O=c1c2c3n(c(SCc4ncc(-c5ccccc5)o4)nc-2nn1-c1ccccc1)CCCCC3. The minimum atomic E-state index is -0.101. The fourth-order valence-electron chi connectivity index (χ4n) is 4.45. The van der Waals surface area contributed by atoms with Gasteiger partial charge in [0, 0.05) is 17.8 Å². The summed E-state index contributed by atoms with van der Waals surface area (Å²) in [5.74, 6) is 2.45. The maximum atomic E-state index is 13.4. The summed E-state index contributed by atoms with van der Waals surface area (Å²) in [6.45, 7) is 0.845. The monoisotopic (exact) mass is 469 g/mol. The molecule has 0 radical (unpaired) electrons. The standard InChI is InChI=1S/C26H23N5O2S/c32-25-23-20-14-8-3-9-15-30(20)26(28-24(23)29-31(25)19-12-6-2-7-13-19)34-17-22-27-16-21(33-22)18-10-4-1-5-11-18/h1-2,4-7,10-13,16H,3,8-9,14-15,17H2. The molecule has 0 aliphatic carbocycles. The highest BCUT2D eigenvalue weighted by atomic mass is 32.2. The molecule has 0 saturated carbocycles. The fourth-order valence-corrected chi connectivity index (χ4v) is 5.34. The lowest BCUT2D eigenvalue weighted by Gasteiger charge is -2.17. The number of hydrogen-bond donors (Lipinski definition) is 0. The first kappa shape index (κ1) is 20.9. The van der Waals surface area contributed by atoms with Crippen LogP contribution in [0, 0.1) is 0 Å².